The molecular formula is C17H23ClN2O3. The number of para-hydroxylation sites is 1. The molecule has 0 bridgehead atoms. The molecule has 0 aromatic heterocycles. The molecule has 1 aliphatic heterocycles. The van der Waals surface area contributed by atoms with Gasteiger partial charge in [-0.3, -0.25) is 9.59 Å². The fourth-order valence-corrected chi connectivity index (χ4v) is 2.75. The zero-order valence-corrected chi connectivity index (χ0v) is 14.1. The first-order chi connectivity index (χ1) is 11.1. The zero-order valence-electron chi connectivity index (χ0n) is 13.4. The van der Waals surface area contributed by atoms with Crippen LogP contribution in [-0.4, -0.2) is 42.5 Å². The third-order valence-corrected chi connectivity index (χ3v) is 4.12. The Labute approximate surface area is 141 Å². The number of likely N-dealkylation sites (tertiary alicyclic amines) is 1. The Kier molecular flexibility index (Phi) is 6.71. The van der Waals surface area contributed by atoms with Crippen molar-refractivity contribution in [2.75, 3.05) is 19.7 Å². The van der Waals surface area contributed by atoms with E-state index in [4.69, 9.17) is 16.3 Å². The summed E-state index contributed by atoms with van der Waals surface area (Å²) in [5.74, 6) is 0.489. The molecule has 0 unspecified atom stereocenters. The molecule has 1 aliphatic rings. The van der Waals surface area contributed by atoms with Crippen molar-refractivity contribution < 1.29 is 14.3 Å². The summed E-state index contributed by atoms with van der Waals surface area (Å²) in [5, 5.41) is 3.31. The Morgan fingerprint density at radius 3 is 2.70 bits per heavy atom. The van der Waals surface area contributed by atoms with Crippen LogP contribution in [0, 0.1) is 0 Å². The number of nitrogens with zero attached hydrogens (tertiary/aromatic N) is 1. The van der Waals surface area contributed by atoms with Gasteiger partial charge >= 0.3 is 0 Å². The molecule has 23 heavy (non-hydrogen) atoms. The number of rotatable bonds is 7. The highest BCUT2D eigenvalue weighted by Crippen LogP contribution is 2.23. The van der Waals surface area contributed by atoms with Crippen molar-refractivity contribution in [2.45, 2.75) is 38.6 Å². The average Bonchev–Trinajstić information content (AvgIpc) is 3.06. The lowest BCUT2D eigenvalue weighted by Gasteiger charge is -2.21. The lowest BCUT2D eigenvalue weighted by molar-refractivity contribution is -0.135. The summed E-state index contributed by atoms with van der Waals surface area (Å²) >= 11 is 5.99. The molecule has 1 saturated heterocycles. The van der Waals surface area contributed by atoms with E-state index in [0.717, 1.165) is 25.9 Å². The Morgan fingerprint density at radius 1 is 1.30 bits per heavy atom. The molecule has 1 atom stereocenters. The molecule has 1 aromatic carbocycles. The molecule has 1 heterocycles. The highest BCUT2D eigenvalue weighted by Gasteiger charge is 2.24. The minimum absolute atomic E-state index is 0.00293. The largest absolute Gasteiger partial charge is 0.492 e. The smallest absolute Gasteiger partial charge is 0.244 e. The first kappa shape index (κ1) is 17.6. The molecule has 1 N–H and O–H groups in total. The van der Waals surface area contributed by atoms with Crippen molar-refractivity contribution in [3.05, 3.63) is 29.3 Å². The van der Waals surface area contributed by atoms with Gasteiger partial charge in [-0.25, -0.2) is 0 Å². The SMILES string of the molecule is C[C@H](NC(=O)CCCOc1ccccc1Cl)C(=O)N1CCCC1. The van der Waals surface area contributed by atoms with Gasteiger partial charge in [-0.05, 0) is 38.3 Å². The molecular weight excluding hydrogens is 316 g/mol. The molecule has 1 fully saturated rings. The number of nitrogens with one attached hydrogen (secondary N) is 1. The maximum Gasteiger partial charge on any atom is 0.244 e. The van der Waals surface area contributed by atoms with Crippen LogP contribution in [0.2, 0.25) is 5.02 Å². The fourth-order valence-electron chi connectivity index (χ4n) is 2.56. The normalized spacial score (nSPS) is 15.3. The first-order valence-electron chi connectivity index (χ1n) is 8.03. The maximum absolute atomic E-state index is 12.1. The summed E-state index contributed by atoms with van der Waals surface area (Å²) in [6.45, 7) is 3.74. The van der Waals surface area contributed by atoms with Gasteiger partial charge in [-0.1, -0.05) is 23.7 Å². The number of carbonyl (C=O) groups excluding carboxylic acids is 2. The standard InChI is InChI=1S/C17H23ClN2O3/c1-13(17(22)20-10-4-5-11-20)19-16(21)9-6-12-23-15-8-3-2-7-14(15)18/h2-3,7-8,13H,4-6,9-12H2,1H3,(H,19,21)/t13-/m0/s1. The third-order valence-electron chi connectivity index (χ3n) is 3.81. The van der Waals surface area contributed by atoms with Crippen molar-refractivity contribution >= 4 is 23.4 Å². The van der Waals surface area contributed by atoms with Crippen LogP contribution >= 0.6 is 11.6 Å². The highest BCUT2D eigenvalue weighted by molar-refractivity contribution is 6.32. The molecule has 126 valence electrons. The number of ether oxygens (including phenoxy) is 1. The van der Waals surface area contributed by atoms with Crippen molar-refractivity contribution in [3.63, 3.8) is 0 Å². The van der Waals surface area contributed by atoms with Crippen LogP contribution in [0.5, 0.6) is 5.75 Å². The number of halogens is 1. The molecule has 0 aliphatic carbocycles. The van der Waals surface area contributed by atoms with Gasteiger partial charge in [-0.15, -0.1) is 0 Å². The van der Waals surface area contributed by atoms with Crippen molar-refractivity contribution in [1.29, 1.82) is 0 Å². The Bertz CT molecular complexity index is 544. The molecule has 0 radical (unpaired) electrons. The lowest BCUT2D eigenvalue weighted by atomic mass is 10.2. The minimum Gasteiger partial charge on any atom is -0.492 e. The van der Waals surface area contributed by atoms with Gasteiger partial charge in [0.2, 0.25) is 11.8 Å². The molecule has 2 rings (SSSR count). The Morgan fingerprint density at radius 2 is 2.00 bits per heavy atom. The van der Waals surface area contributed by atoms with E-state index in [2.05, 4.69) is 5.32 Å². The summed E-state index contributed by atoms with van der Waals surface area (Å²) in [4.78, 5) is 25.8. The van der Waals surface area contributed by atoms with E-state index in [9.17, 15) is 9.59 Å². The Balaban J connectivity index is 1.64. The molecule has 6 heteroatoms. The van der Waals surface area contributed by atoms with Gasteiger partial charge in [0.05, 0.1) is 11.6 Å². The second kappa shape index (κ2) is 8.77. The van der Waals surface area contributed by atoms with Gasteiger partial charge in [0.15, 0.2) is 0 Å². The molecule has 0 saturated carbocycles. The van der Waals surface area contributed by atoms with E-state index in [0.29, 0.717) is 30.2 Å². The number of benzene rings is 1. The summed E-state index contributed by atoms with van der Waals surface area (Å²) in [6, 6.07) is 6.76. The predicted molar refractivity (Wildman–Crippen MR) is 89.6 cm³/mol. The van der Waals surface area contributed by atoms with Crippen LogP contribution in [0.3, 0.4) is 0 Å². The Hall–Kier alpha value is -1.75. The summed E-state index contributed by atoms with van der Waals surface area (Å²) < 4.78 is 5.53. The van der Waals surface area contributed by atoms with Crippen LogP contribution in [0.25, 0.3) is 0 Å². The highest BCUT2D eigenvalue weighted by atomic mass is 35.5. The second-order valence-corrected chi connectivity index (χ2v) is 6.11. The second-order valence-electron chi connectivity index (χ2n) is 5.70. The lowest BCUT2D eigenvalue weighted by Crippen LogP contribution is -2.45. The van der Waals surface area contributed by atoms with Crippen LogP contribution in [0.4, 0.5) is 0 Å². The monoisotopic (exact) mass is 338 g/mol. The predicted octanol–water partition coefficient (Wildman–Crippen LogP) is 2.63. The molecule has 1 aromatic rings. The van der Waals surface area contributed by atoms with Crippen LogP contribution in [0.15, 0.2) is 24.3 Å². The number of hydrogen-bond donors (Lipinski definition) is 1. The summed E-state index contributed by atoms with van der Waals surface area (Å²) in [5.41, 5.74) is 0. The van der Waals surface area contributed by atoms with Crippen molar-refractivity contribution in [2.24, 2.45) is 0 Å². The van der Waals surface area contributed by atoms with Crippen LogP contribution in [0.1, 0.15) is 32.6 Å². The molecule has 5 nitrogen and oxygen atoms in total. The van der Waals surface area contributed by atoms with Crippen molar-refractivity contribution in [1.82, 2.24) is 10.2 Å². The van der Waals surface area contributed by atoms with Gasteiger partial charge in [0.1, 0.15) is 11.8 Å². The van der Waals surface area contributed by atoms with E-state index in [-0.39, 0.29) is 11.8 Å². The average molecular weight is 339 g/mol. The number of carbonyl (C=O) groups is 2. The number of amides is 2. The van der Waals surface area contributed by atoms with E-state index in [1.54, 1.807) is 19.1 Å². The fraction of sp³-hybridized carbons (Fsp3) is 0.529. The molecule has 2 amide bonds. The molecule has 0 spiro atoms. The van der Waals surface area contributed by atoms with E-state index in [1.165, 1.54) is 0 Å². The summed E-state index contributed by atoms with van der Waals surface area (Å²) in [6.07, 6.45) is 2.99. The van der Waals surface area contributed by atoms with E-state index >= 15 is 0 Å². The minimum atomic E-state index is -0.468. The quantitative estimate of drug-likeness (QED) is 0.777. The topological polar surface area (TPSA) is 58.6 Å². The number of hydrogen-bond acceptors (Lipinski definition) is 3. The van der Waals surface area contributed by atoms with Crippen LogP contribution < -0.4 is 10.1 Å². The van der Waals surface area contributed by atoms with Crippen molar-refractivity contribution in [3.8, 4) is 5.75 Å². The van der Waals surface area contributed by atoms with Gasteiger partial charge in [0.25, 0.3) is 0 Å². The summed E-state index contributed by atoms with van der Waals surface area (Å²) in [7, 11) is 0. The van der Waals surface area contributed by atoms with Crippen LogP contribution in [-0.2, 0) is 9.59 Å². The zero-order chi connectivity index (χ0) is 16.7. The van der Waals surface area contributed by atoms with Gasteiger partial charge < -0.3 is 15.0 Å². The van der Waals surface area contributed by atoms with E-state index < -0.39 is 6.04 Å². The maximum atomic E-state index is 12.1. The van der Waals surface area contributed by atoms with Gasteiger partial charge in [-0.2, -0.15) is 0 Å². The van der Waals surface area contributed by atoms with Gasteiger partial charge in [0, 0.05) is 19.5 Å². The van der Waals surface area contributed by atoms with E-state index in [1.807, 2.05) is 17.0 Å². The first-order valence-corrected chi connectivity index (χ1v) is 8.41. The third kappa shape index (κ3) is 5.43.